The van der Waals surface area contributed by atoms with Crippen molar-refractivity contribution in [3.05, 3.63) is 17.5 Å². The van der Waals surface area contributed by atoms with Crippen LogP contribution >= 0.6 is 24.0 Å². The van der Waals surface area contributed by atoms with Crippen molar-refractivity contribution in [2.45, 2.75) is 73.0 Å². The van der Waals surface area contributed by atoms with Gasteiger partial charge in [-0.15, -0.1) is 24.0 Å². The highest BCUT2D eigenvalue weighted by molar-refractivity contribution is 14.0. The van der Waals surface area contributed by atoms with Crippen molar-refractivity contribution in [2.24, 2.45) is 4.99 Å². The molecular formula is C20H38IN5O3. The maximum Gasteiger partial charge on any atom is 0.410 e. The summed E-state index contributed by atoms with van der Waals surface area (Å²) in [5.41, 5.74) is 0.425. The Bertz CT molecular complexity index is 626. The van der Waals surface area contributed by atoms with Crippen molar-refractivity contribution in [1.29, 1.82) is 0 Å². The molecular weight excluding hydrogens is 485 g/mol. The van der Waals surface area contributed by atoms with Crippen molar-refractivity contribution in [1.82, 2.24) is 20.7 Å². The molecule has 0 fully saturated rings. The average Bonchev–Trinajstić information content (AvgIpc) is 3.06. The van der Waals surface area contributed by atoms with Crippen molar-refractivity contribution in [3.8, 4) is 0 Å². The SMILES string of the molecule is CCCN(CCNC(=NCc1cc(C(C)C)no1)NCC)C(=O)OC(C)(C)C.I. The molecule has 0 aliphatic rings. The molecule has 0 aliphatic carbocycles. The number of hydrogen-bond acceptors (Lipinski definition) is 5. The molecule has 168 valence electrons. The quantitative estimate of drug-likeness (QED) is 0.288. The van der Waals surface area contributed by atoms with E-state index in [9.17, 15) is 4.79 Å². The number of carbonyl (C=O) groups excluding carboxylic acids is 1. The van der Waals surface area contributed by atoms with Gasteiger partial charge in [0.2, 0.25) is 0 Å². The predicted octanol–water partition coefficient (Wildman–Crippen LogP) is 4.12. The van der Waals surface area contributed by atoms with Gasteiger partial charge in [-0.2, -0.15) is 0 Å². The molecule has 0 bridgehead atoms. The molecule has 1 aromatic heterocycles. The summed E-state index contributed by atoms with van der Waals surface area (Å²) in [4.78, 5) is 18.6. The smallest absolute Gasteiger partial charge is 0.410 e. The highest BCUT2D eigenvalue weighted by atomic mass is 127. The summed E-state index contributed by atoms with van der Waals surface area (Å²) in [7, 11) is 0. The number of rotatable bonds is 9. The number of guanidine groups is 1. The summed E-state index contributed by atoms with van der Waals surface area (Å²) in [6, 6.07) is 1.93. The Morgan fingerprint density at radius 2 is 1.97 bits per heavy atom. The molecule has 1 amide bonds. The van der Waals surface area contributed by atoms with Crippen molar-refractivity contribution in [2.75, 3.05) is 26.2 Å². The first-order valence-corrected chi connectivity index (χ1v) is 10.1. The molecule has 0 spiro atoms. The maximum absolute atomic E-state index is 12.3. The number of aliphatic imine (C=N–C) groups is 1. The number of nitrogens with zero attached hydrogens (tertiary/aromatic N) is 3. The second-order valence-corrected chi connectivity index (χ2v) is 7.96. The van der Waals surface area contributed by atoms with Crippen LogP contribution in [0.2, 0.25) is 0 Å². The second-order valence-electron chi connectivity index (χ2n) is 7.96. The van der Waals surface area contributed by atoms with Crippen molar-refractivity contribution >= 4 is 36.0 Å². The van der Waals surface area contributed by atoms with E-state index in [-0.39, 0.29) is 30.1 Å². The van der Waals surface area contributed by atoms with E-state index in [0.717, 1.165) is 24.4 Å². The van der Waals surface area contributed by atoms with Gasteiger partial charge in [0.1, 0.15) is 12.1 Å². The third-order valence-corrected chi connectivity index (χ3v) is 3.73. The normalized spacial score (nSPS) is 11.8. The summed E-state index contributed by atoms with van der Waals surface area (Å²) >= 11 is 0. The zero-order valence-corrected chi connectivity index (χ0v) is 21.2. The Morgan fingerprint density at radius 3 is 2.48 bits per heavy atom. The van der Waals surface area contributed by atoms with E-state index in [1.54, 1.807) is 4.90 Å². The Kier molecular flexibility index (Phi) is 12.9. The fourth-order valence-corrected chi connectivity index (χ4v) is 2.37. The lowest BCUT2D eigenvalue weighted by Gasteiger charge is -2.27. The number of halogens is 1. The molecule has 8 nitrogen and oxygen atoms in total. The van der Waals surface area contributed by atoms with Crippen LogP contribution in [-0.4, -0.2) is 53.9 Å². The van der Waals surface area contributed by atoms with Crippen LogP contribution in [0.25, 0.3) is 0 Å². The minimum absolute atomic E-state index is 0. The lowest BCUT2D eigenvalue weighted by atomic mass is 10.1. The van der Waals surface area contributed by atoms with Crippen LogP contribution in [0.3, 0.4) is 0 Å². The Morgan fingerprint density at radius 1 is 1.28 bits per heavy atom. The highest BCUT2D eigenvalue weighted by Crippen LogP contribution is 2.14. The third kappa shape index (κ3) is 11.3. The fraction of sp³-hybridized carbons (Fsp3) is 0.750. The molecule has 0 radical (unpaired) electrons. The first kappa shape index (κ1) is 27.5. The van der Waals surface area contributed by atoms with Gasteiger partial charge in [0.05, 0.1) is 5.69 Å². The van der Waals surface area contributed by atoms with Crippen LogP contribution in [0, 0.1) is 0 Å². The van der Waals surface area contributed by atoms with Gasteiger partial charge in [-0.25, -0.2) is 9.79 Å². The molecule has 9 heteroatoms. The zero-order chi connectivity index (χ0) is 21.2. The molecule has 1 aromatic rings. The molecule has 0 saturated heterocycles. The Balaban J connectivity index is 0.00000784. The van der Waals surface area contributed by atoms with Crippen LogP contribution in [0.5, 0.6) is 0 Å². The average molecular weight is 523 g/mol. The maximum atomic E-state index is 12.3. The van der Waals surface area contributed by atoms with Gasteiger partial charge in [-0.1, -0.05) is 25.9 Å². The standard InChI is InChI=1S/C20H37N5O3.HI/c1-8-11-25(19(26)27-20(5,6)7)12-10-22-18(21-9-2)23-14-16-13-17(15(3)4)24-28-16;/h13,15H,8-12,14H2,1-7H3,(H2,21,22,23);1H. The minimum Gasteiger partial charge on any atom is -0.444 e. The molecule has 0 saturated carbocycles. The lowest BCUT2D eigenvalue weighted by molar-refractivity contribution is 0.0253. The minimum atomic E-state index is -0.501. The van der Waals surface area contributed by atoms with E-state index in [0.29, 0.717) is 38.1 Å². The topological polar surface area (TPSA) is 92.0 Å². The number of ether oxygens (including phenoxy) is 1. The monoisotopic (exact) mass is 523 g/mol. The summed E-state index contributed by atoms with van der Waals surface area (Å²) in [5.74, 6) is 1.72. The Labute approximate surface area is 192 Å². The molecule has 2 N–H and O–H groups in total. The number of nitrogens with one attached hydrogen (secondary N) is 2. The molecule has 0 atom stereocenters. The summed E-state index contributed by atoms with van der Waals surface area (Å²) in [6.45, 7) is 16.7. The van der Waals surface area contributed by atoms with Crippen molar-refractivity contribution in [3.63, 3.8) is 0 Å². The predicted molar refractivity (Wildman–Crippen MR) is 127 cm³/mol. The van der Waals surface area contributed by atoms with E-state index in [4.69, 9.17) is 9.26 Å². The van der Waals surface area contributed by atoms with Gasteiger partial charge in [-0.3, -0.25) is 0 Å². The number of carbonyl (C=O) groups is 1. The fourth-order valence-electron chi connectivity index (χ4n) is 2.37. The van der Waals surface area contributed by atoms with E-state index in [1.165, 1.54) is 0 Å². The van der Waals surface area contributed by atoms with E-state index >= 15 is 0 Å². The third-order valence-electron chi connectivity index (χ3n) is 3.73. The number of amides is 1. The van der Waals surface area contributed by atoms with E-state index in [2.05, 4.69) is 34.6 Å². The van der Waals surface area contributed by atoms with Gasteiger partial charge in [0.15, 0.2) is 11.7 Å². The number of aromatic nitrogens is 1. The highest BCUT2D eigenvalue weighted by Gasteiger charge is 2.21. The van der Waals surface area contributed by atoms with Gasteiger partial charge < -0.3 is 24.8 Å². The summed E-state index contributed by atoms with van der Waals surface area (Å²) in [5, 5.41) is 10.5. The molecule has 1 heterocycles. The van der Waals surface area contributed by atoms with Crippen LogP contribution < -0.4 is 10.6 Å². The van der Waals surface area contributed by atoms with Gasteiger partial charge in [0.25, 0.3) is 0 Å². The summed E-state index contributed by atoms with van der Waals surface area (Å²) in [6.07, 6.45) is 0.581. The van der Waals surface area contributed by atoms with Crippen LogP contribution in [-0.2, 0) is 11.3 Å². The van der Waals surface area contributed by atoms with Crippen molar-refractivity contribution < 1.29 is 14.1 Å². The second kappa shape index (κ2) is 13.7. The van der Waals surface area contributed by atoms with Gasteiger partial charge >= 0.3 is 6.09 Å². The molecule has 29 heavy (non-hydrogen) atoms. The van der Waals surface area contributed by atoms with Crippen LogP contribution in [0.15, 0.2) is 15.6 Å². The number of hydrogen-bond donors (Lipinski definition) is 2. The van der Waals surface area contributed by atoms with E-state index in [1.807, 2.05) is 40.7 Å². The Hall–Kier alpha value is -1.52. The molecule has 0 aromatic carbocycles. The molecule has 0 aliphatic heterocycles. The zero-order valence-electron chi connectivity index (χ0n) is 18.9. The molecule has 1 rings (SSSR count). The van der Waals surface area contributed by atoms with Crippen LogP contribution in [0.1, 0.15) is 72.3 Å². The summed E-state index contributed by atoms with van der Waals surface area (Å²) < 4.78 is 10.8. The van der Waals surface area contributed by atoms with Gasteiger partial charge in [-0.05, 0) is 40.0 Å². The largest absolute Gasteiger partial charge is 0.444 e. The van der Waals surface area contributed by atoms with Crippen LogP contribution in [0.4, 0.5) is 4.79 Å². The first-order chi connectivity index (χ1) is 13.2. The van der Waals surface area contributed by atoms with E-state index < -0.39 is 5.60 Å². The molecule has 0 unspecified atom stereocenters. The first-order valence-electron chi connectivity index (χ1n) is 10.1. The van der Waals surface area contributed by atoms with Gasteiger partial charge in [0, 0.05) is 32.2 Å². The lowest BCUT2D eigenvalue weighted by Crippen LogP contribution is -2.44.